The Kier molecular flexibility index (Phi) is 7.69. The van der Waals surface area contributed by atoms with Crippen LogP contribution in [0.5, 0.6) is 0 Å². The van der Waals surface area contributed by atoms with E-state index in [4.69, 9.17) is 5.73 Å². The van der Waals surface area contributed by atoms with Gasteiger partial charge in [0, 0.05) is 33.3 Å². The van der Waals surface area contributed by atoms with Gasteiger partial charge in [0.2, 0.25) is 10.0 Å². The summed E-state index contributed by atoms with van der Waals surface area (Å²) in [7, 11) is 1.24. The number of carbonyl (C=O) groups is 1. The Morgan fingerprint density at radius 1 is 1.13 bits per heavy atom. The summed E-state index contributed by atoms with van der Waals surface area (Å²) in [5.74, 6) is -0.165. The molecular formula is C15H26ClN3O3S. The zero-order valence-corrected chi connectivity index (χ0v) is 15.9. The Hall–Kier alpha value is -1.15. The third-order valence-electron chi connectivity index (χ3n) is 3.42. The van der Waals surface area contributed by atoms with Crippen molar-refractivity contribution in [3.8, 4) is 0 Å². The van der Waals surface area contributed by atoms with Crippen LogP contribution >= 0.6 is 12.4 Å². The van der Waals surface area contributed by atoms with Crippen molar-refractivity contribution in [2.24, 2.45) is 11.1 Å². The van der Waals surface area contributed by atoms with Gasteiger partial charge in [-0.05, 0) is 36.2 Å². The summed E-state index contributed by atoms with van der Waals surface area (Å²) in [6.07, 6.45) is 0. The van der Waals surface area contributed by atoms with E-state index in [1.165, 1.54) is 40.5 Å². The first-order chi connectivity index (χ1) is 10.0. The van der Waals surface area contributed by atoms with E-state index in [0.717, 1.165) is 0 Å². The molecule has 0 atom stereocenters. The van der Waals surface area contributed by atoms with E-state index in [-0.39, 0.29) is 28.6 Å². The topological polar surface area (TPSA) is 83.7 Å². The van der Waals surface area contributed by atoms with Crippen molar-refractivity contribution in [1.82, 2.24) is 9.21 Å². The predicted octanol–water partition coefficient (Wildman–Crippen LogP) is 1.42. The molecule has 8 heteroatoms. The Labute approximate surface area is 145 Å². The number of halogens is 1. The highest BCUT2D eigenvalue weighted by molar-refractivity contribution is 7.89. The SMILES string of the molecule is CN(C)C(=O)c1ccc(S(=O)(=O)N(C)CC(C)(C)CN)cc1.Cl. The lowest BCUT2D eigenvalue weighted by Crippen LogP contribution is -2.39. The van der Waals surface area contributed by atoms with E-state index in [0.29, 0.717) is 18.7 Å². The molecule has 1 aromatic carbocycles. The molecule has 1 aromatic rings. The number of hydrogen-bond donors (Lipinski definition) is 1. The summed E-state index contributed by atoms with van der Waals surface area (Å²) >= 11 is 0. The quantitative estimate of drug-likeness (QED) is 0.828. The number of carbonyl (C=O) groups excluding carboxylic acids is 1. The van der Waals surface area contributed by atoms with Crippen LogP contribution in [-0.4, -0.2) is 57.8 Å². The molecule has 6 nitrogen and oxygen atoms in total. The van der Waals surface area contributed by atoms with Gasteiger partial charge in [0.15, 0.2) is 0 Å². The van der Waals surface area contributed by atoms with Gasteiger partial charge >= 0.3 is 0 Å². The van der Waals surface area contributed by atoms with Gasteiger partial charge in [-0.25, -0.2) is 12.7 Å². The van der Waals surface area contributed by atoms with Gasteiger partial charge in [0.25, 0.3) is 5.91 Å². The molecule has 1 rings (SSSR count). The van der Waals surface area contributed by atoms with E-state index in [9.17, 15) is 13.2 Å². The Morgan fingerprint density at radius 3 is 2.00 bits per heavy atom. The second-order valence-electron chi connectivity index (χ2n) is 6.35. The molecule has 0 aliphatic rings. The molecule has 23 heavy (non-hydrogen) atoms. The molecular weight excluding hydrogens is 338 g/mol. The molecule has 0 radical (unpaired) electrons. The smallest absolute Gasteiger partial charge is 0.253 e. The molecule has 0 fully saturated rings. The third-order valence-corrected chi connectivity index (χ3v) is 5.24. The Morgan fingerprint density at radius 2 is 1.61 bits per heavy atom. The first kappa shape index (κ1) is 21.9. The van der Waals surface area contributed by atoms with Crippen LogP contribution in [0.2, 0.25) is 0 Å². The second-order valence-corrected chi connectivity index (χ2v) is 8.40. The number of rotatable bonds is 6. The van der Waals surface area contributed by atoms with Gasteiger partial charge in [-0.3, -0.25) is 4.79 Å². The number of nitrogens with zero attached hydrogens (tertiary/aromatic N) is 2. The fraction of sp³-hybridized carbons (Fsp3) is 0.533. The number of nitrogens with two attached hydrogens (primary N) is 1. The predicted molar refractivity (Wildman–Crippen MR) is 94.4 cm³/mol. The molecule has 0 saturated heterocycles. The number of benzene rings is 1. The average Bonchev–Trinajstić information content (AvgIpc) is 2.46. The minimum absolute atomic E-state index is 0. The second kappa shape index (κ2) is 8.10. The van der Waals surface area contributed by atoms with Gasteiger partial charge in [-0.1, -0.05) is 13.8 Å². The van der Waals surface area contributed by atoms with Crippen molar-refractivity contribution in [2.45, 2.75) is 18.7 Å². The summed E-state index contributed by atoms with van der Waals surface area (Å²) in [6.45, 7) is 4.54. The van der Waals surface area contributed by atoms with Crippen molar-refractivity contribution in [3.63, 3.8) is 0 Å². The van der Waals surface area contributed by atoms with Gasteiger partial charge in [-0.2, -0.15) is 0 Å². The zero-order chi connectivity index (χ0) is 17.1. The minimum Gasteiger partial charge on any atom is -0.345 e. The first-order valence-electron chi connectivity index (χ1n) is 6.99. The lowest BCUT2D eigenvalue weighted by atomic mass is 9.94. The normalized spacial score (nSPS) is 12.0. The summed E-state index contributed by atoms with van der Waals surface area (Å²) in [5, 5.41) is 0. The lowest BCUT2D eigenvalue weighted by Gasteiger charge is -2.28. The highest BCUT2D eigenvalue weighted by Gasteiger charge is 2.27. The van der Waals surface area contributed by atoms with Crippen LogP contribution in [0.4, 0.5) is 0 Å². The summed E-state index contributed by atoms with van der Waals surface area (Å²) in [5.41, 5.74) is 5.80. The molecule has 1 amide bonds. The molecule has 132 valence electrons. The molecule has 0 aliphatic carbocycles. The fourth-order valence-electron chi connectivity index (χ4n) is 1.96. The van der Waals surface area contributed by atoms with Crippen LogP contribution in [-0.2, 0) is 10.0 Å². The van der Waals surface area contributed by atoms with Crippen molar-refractivity contribution >= 4 is 28.3 Å². The number of sulfonamides is 1. The maximum Gasteiger partial charge on any atom is 0.253 e. The van der Waals surface area contributed by atoms with Crippen LogP contribution in [0, 0.1) is 5.41 Å². The lowest BCUT2D eigenvalue weighted by molar-refractivity contribution is 0.0827. The Balaban J connectivity index is 0.00000484. The maximum atomic E-state index is 12.5. The molecule has 0 heterocycles. The van der Waals surface area contributed by atoms with E-state index in [1.807, 2.05) is 13.8 Å². The standard InChI is InChI=1S/C15H25N3O3S.ClH/c1-15(2,10-16)11-18(5)22(20,21)13-8-6-12(7-9-13)14(19)17(3)4;/h6-9H,10-11,16H2,1-5H3;1H. The van der Waals surface area contributed by atoms with Gasteiger partial charge in [-0.15, -0.1) is 12.4 Å². The highest BCUT2D eigenvalue weighted by atomic mass is 35.5. The third kappa shape index (κ3) is 5.46. The zero-order valence-electron chi connectivity index (χ0n) is 14.2. The molecule has 0 aliphatic heterocycles. The van der Waals surface area contributed by atoms with Gasteiger partial charge in [0.1, 0.15) is 0 Å². The van der Waals surface area contributed by atoms with E-state index in [2.05, 4.69) is 0 Å². The van der Waals surface area contributed by atoms with Crippen LogP contribution in [0.3, 0.4) is 0 Å². The Bertz CT molecular complexity index is 628. The van der Waals surface area contributed by atoms with Crippen molar-refractivity contribution in [3.05, 3.63) is 29.8 Å². The molecule has 0 bridgehead atoms. The first-order valence-corrected chi connectivity index (χ1v) is 8.43. The van der Waals surface area contributed by atoms with Crippen molar-refractivity contribution < 1.29 is 13.2 Å². The number of hydrogen-bond acceptors (Lipinski definition) is 4. The number of amides is 1. The average molecular weight is 364 g/mol. The summed E-state index contributed by atoms with van der Waals surface area (Å²) in [4.78, 5) is 13.4. The van der Waals surface area contributed by atoms with Crippen molar-refractivity contribution in [1.29, 1.82) is 0 Å². The van der Waals surface area contributed by atoms with Gasteiger partial charge < -0.3 is 10.6 Å². The highest BCUT2D eigenvalue weighted by Crippen LogP contribution is 2.21. The molecule has 2 N–H and O–H groups in total. The minimum atomic E-state index is -3.59. The molecule has 0 unspecified atom stereocenters. The largest absolute Gasteiger partial charge is 0.345 e. The molecule has 0 saturated carbocycles. The van der Waals surface area contributed by atoms with E-state index >= 15 is 0 Å². The van der Waals surface area contributed by atoms with E-state index < -0.39 is 10.0 Å². The molecule has 0 spiro atoms. The monoisotopic (exact) mass is 363 g/mol. The van der Waals surface area contributed by atoms with Crippen LogP contribution in [0.25, 0.3) is 0 Å². The maximum absolute atomic E-state index is 12.5. The van der Waals surface area contributed by atoms with E-state index in [1.54, 1.807) is 14.1 Å². The van der Waals surface area contributed by atoms with Crippen LogP contribution < -0.4 is 5.73 Å². The van der Waals surface area contributed by atoms with Gasteiger partial charge in [0.05, 0.1) is 4.90 Å². The molecule has 0 aromatic heterocycles. The van der Waals surface area contributed by atoms with Crippen molar-refractivity contribution in [2.75, 3.05) is 34.2 Å². The fourth-order valence-corrected chi connectivity index (χ4v) is 3.32. The van der Waals surface area contributed by atoms with Crippen LogP contribution in [0.1, 0.15) is 24.2 Å². The summed E-state index contributed by atoms with van der Waals surface area (Å²) in [6, 6.07) is 5.96. The summed E-state index contributed by atoms with van der Waals surface area (Å²) < 4.78 is 26.4. The van der Waals surface area contributed by atoms with Crippen LogP contribution in [0.15, 0.2) is 29.2 Å².